The van der Waals surface area contributed by atoms with E-state index >= 15 is 0 Å². The van der Waals surface area contributed by atoms with Crippen LogP contribution in [0.15, 0.2) is 54.7 Å². The number of anilines is 1. The molecular weight excluding hydrogens is 352 g/mol. The van der Waals surface area contributed by atoms with Crippen LogP contribution >= 0.6 is 0 Å². The Labute approximate surface area is 160 Å². The zero-order chi connectivity index (χ0) is 19.3. The van der Waals surface area contributed by atoms with Crippen LogP contribution in [0.5, 0.6) is 5.75 Å². The lowest BCUT2D eigenvalue weighted by Gasteiger charge is -2.10. The summed E-state index contributed by atoms with van der Waals surface area (Å²) in [7, 11) is 1.62. The number of amides is 1. The first-order chi connectivity index (χ1) is 13.6. The first kappa shape index (κ1) is 16.4. The predicted molar refractivity (Wildman–Crippen MR) is 111 cm³/mol. The van der Waals surface area contributed by atoms with E-state index in [2.05, 4.69) is 15.5 Å². The maximum Gasteiger partial charge on any atom is 0.255 e. The number of carbonyl (C=O) groups is 1. The molecule has 6 heteroatoms. The van der Waals surface area contributed by atoms with Crippen molar-refractivity contribution in [3.63, 3.8) is 0 Å². The van der Waals surface area contributed by atoms with Gasteiger partial charge in [-0.15, -0.1) is 0 Å². The van der Waals surface area contributed by atoms with E-state index in [0.717, 1.165) is 49.7 Å². The van der Waals surface area contributed by atoms with E-state index in [1.54, 1.807) is 13.2 Å². The van der Waals surface area contributed by atoms with Gasteiger partial charge in [-0.05, 0) is 48.9 Å². The molecule has 0 atom stereocenters. The Kier molecular flexibility index (Phi) is 3.58. The zero-order valence-electron chi connectivity index (χ0n) is 15.5. The fourth-order valence-electron chi connectivity index (χ4n) is 3.59. The Balaban J connectivity index is 1.55. The summed E-state index contributed by atoms with van der Waals surface area (Å²) in [5, 5.41) is 12.2. The summed E-state index contributed by atoms with van der Waals surface area (Å²) in [6.45, 7) is 1.94. The number of H-pyrrole nitrogens is 2. The van der Waals surface area contributed by atoms with E-state index in [4.69, 9.17) is 9.72 Å². The molecular formula is C22H18N4O2. The van der Waals surface area contributed by atoms with E-state index in [1.807, 2.05) is 55.6 Å². The van der Waals surface area contributed by atoms with Gasteiger partial charge in [-0.2, -0.15) is 0 Å². The van der Waals surface area contributed by atoms with Crippen LogP contribution in [0.3, 0.4) is 0 Å². The second-order valence-electron chi connectivity index (χ2n) is 6.82. The van der Waals surface area contributed by atoms with Crippen LogP contribution in [0.1, 0.15) is 15.9 Å². The quantitative estimate of drug-likeness (QED) is 0.428. The van der Waals surface area contributed by atoms with Crippen LogP contribution in [0.4, 0.5) is 5.69 Å². The van der Waals surface area contributed by atoms with Gasteiger partial charge in [0.25, 0.3) is 5.91 Å². The second kappa shape index (κ2) is 6.13. The van der Waals surface area contributed by atoms with Crippen molar-refractivity contribution >= 4 is 44.3 Å². The van der Waals surface area contributed by atoms with Crippen molar-refractivity contribution in [3.05, 3.63) is 65.9 Å². The highest BCUT2D eigenvalue weighted by Gasteiger charge is 2.14. The van der Waals surface area contributed by atoms with Crippen molar-refractivity contribution in [2.45, 2.75) is 6.92 Å². The largest absolute Gasteiger partial charge is 0.497 e. The number of benzene rings is 3. The third-order valence-corrected chi connectivity index (χ3v) is 5.10. The fourth-order valence-corrected chi connectivity index (χ4v) is 3.59. The summed E-state index contributed by atoms with van der Waals surface area (Å²) >= 11 is 0. The maximum absolute atomic E-state index is 12.8. The van der Waals surface area contributed by atoms with E-state index in [1.165, 1.54) is 0 Å². The third-order valence-electron chi connectivity index (χ3n) is 5.10. The SMILES string of the molecule is COc1ccc(NC(=O)c2ccc3nc4c(ccc5c[nH][nH]c54)c3c2)c(C)c1. The van der Waals surface area contributed by atoms with Gasteiger partial charge in [0.2, 0.25) is 0 Å². The summed E-state index contributed by atoms with van der Waals surface area (Å²) < 4.78 is 5.22. The maximum atomic E-state index is 12.8. The van der Waals surface area contributed by atoms with Crippen LogP contribution < -0.4 is 10.1 Å². The lowest BCUT2D eigenvalue weighted by atomic mass is 10.1. The van der Waals surface area contributed by atoms with Crippen molar-refractivity contribution < 1.29 is 9.53 Å². The first-order valence-electron chi connectivity index (χ1n) is 8.98. The first-order valence-corrected chi connectivity index (χ1v) is 8.98. The third kappa shape index (κ3) is 2.50. The van der Waals surface area contributed by atoms with Gasteiger partial charge in [-0.1, -0.05) is 12.1 Å². The average Bonchev–Trinajstić information content (AvgIpc) is 3.32. The molecule has 2 aromatic heterocycles. The topological polar surface area (TPSA) is 82.8 Å². The van der Waals surface area contributed by atoms with E-state index in [-0.39, 0.29) is 5.91 Å². The molecule has 6 nitrogen and oxygen atoms in total. The Morgan fingerprint density at radius 2 is 1.96 bits per heavy atom. The molecule has 0 unspecified atom stereocenters. The Morgan fingerprint density at radius 3 is 2.79 bits per heavy atom. The highest BCUT2D eigenvalue weighted by atomic mass is 16.5. The minimum atomic E-state index is -0.154. The van der Waals surface area contributed by atoms with Crippen molar-refractivity contribution in [2.24, 2.45) is 0 Å². The molecule has 2 heterocycles. The van der Waals surface area contributed by atoms with Gasteiger partial charge in [0.05, 0.1) is 23.7 Å². The Bertz CT molecular complexity index is 1360. The van der Waals surface area contributed by atoms with Gasteiger partial charge in [-0.3, -0.25) is 9.89 Å². The molecule has 0 fully saturated rings. The smallest absolute Gasteiger partial charge is 0.255 e. The molecule has 3 N–H and O–H groups in total. The number of fused-ring (bicyclic) bond motifs is 5. The molecule has 0 radical (unpaired) electrons. The van der Waals surface area contributed by atoms with Gasteiger partial charge < -0.3 is 15.2 Å². The molecule has 0 bridgehead atoms. The lowest BCUT2D eigenvalue weighted by Crippen LogP contribution is -2.12. The number of aromatic nitrogens is 3. The molecule has 0 saturated carbocycles. The van der Waals surface area contributed by atoms with Gasteiger partial charge in [-0.25, -0.2) is 4.98 Å². The lowest BCUT2D eigenvalue weighted by molar-refractivity contribution is 0.102. The number of nitrogens with zero attached hydrogens (tertiary/aromatic N) is 1. The summed E-state index contributed by atoms with van der Waals surface area (Å²) in [5.74, 6) is 0.609. The Hall–Kier alpha value is -3.80. The molecule has 0 aliphatic heterocycles. The number of nitrogens with one attached hydrogen (secondary N) is 3. The minimum Gasteiger partial charge on any atom is -0.497 e. The molecule has 3 aromatic carbocycles. The molecule has 0 aliphatic carbocycles. The highest BCUT2D eigenvalue weighted by Crippen LogP contribution is 2.31. The highest BCUT2D eigenvalue weighted by molar-refractivity contribution is 6.17. The summed E-state index contributed by atoms with van der Waals surface area (Å²) in [6.07, 6.45) is 1.91. The molecule has 5 aromatic rings. The Morgan fingerprint density at radius 1 is 1.07 bits per heavy atom. The average molecular weight is 370 g/mol. The number of ether oxygens (including phenoxy) is 1. The number of aromatic amines is 2. The molecule has 28 heavy (non-hydrogen) atoms. The monoisotopic (exact) mass is 370 g/mol. The van der Waals surface area contributed by atoms with Crippen molar-refractivity contribution in [1.29, 1.82) is 0 Å². The number of aryl methyl sites for hydroxylation is 1. The summed E-state index contributed by atoms with van der Waals surface area (Å²) in [4.78, 5) is 17.6. The fraction of sp³-hybridized carbons (Fsp3) is 0.0909. The number of hydrogen-bond donors (Lipinski definition) is 3. The van der Waals surface area contributed by atoms with Crippen LogP contribution in [-0.4, -0.2) is 28.2 Å². The number of carbonyl (C=O) groups excluding carboxylic acids is 1. The zero-order valence-corrected chi connectivity index (χ0v) is 15.5. The number of methoxy groups -OCH3 is 1. The van der Waals surface area contributed by atoms with Gasteiger partial charge >= 0.3 is 0 Å². The molecule has 1 amide bonds. The van der Waals surface area contributed by atoms with Crippen molar-refractivity contribution in [3.8, 4) is 5.75 Å². The van der Waals surface area contributed by atoms with Crippen molar-refractivity contribution in [2.75, 3.05) is 12.4 Å². The predicted octanol–water partition coefficient (Wildman–Crippen LogP) is 4.77. The van der Waals surface area contributed by atoms with E-state index in [9.17, 15) is 4.79 Å². The van der Waals surface area contributed by atoms with Crippen molar-refractivity contribution in [1.82, 2.24) is 15.2 Å². The minimum absolute atomic E-state index is 0.154. The molecule has 138 valence electrons. The van der Waals surface area contributed by atoms with Crippen LogP contribution in [-0.2, 0) is 0 Å². The molecule has 5 rings (SSSR count). The second-order valence-corrected chi connectivity index (χ2v) is 6.82. The number of hydrogen-bond acceptors (Lipinski definition) is 3. The normalized spacial score (nSPS) is 11.4. The van der Waals surface area contributed by atoms with Crippen LogP contribution in [0, 0.1) is 6.92 Å². The number of rotatable bonds is 3. The molecule has 0 saturated heterocycles. The van der Waals surface area contributed by atoms with Gasteiger partial charge in [0.15, 0.2) is 0 Å². The molecule has 0 aliphatic rings. The standard InChI is InChI=1S/C22H18N4O2/c1-12-9-15(28-2)5-8-18(12)25-22(27)13-4-7-19-17(10-13)16-6-3-14-11-23-26-20(14)21(16)24-19/h3-11,23,26H,1-2H3,(H,25,27). The van der Waals surface area contributed by atoms with E-state index < -0.39 is 0 Å². The van der Waals surface area contributed by atoms with Crippen LogP contribution in [0.25, 0.3) is 32.7 Å². The summed E-state index contributed by atoms with van der Waals surface area (Å²) in [5.41, 5.74) is 5.04. The molecule has 0 spiro atoms. The van der Waals surface area contributed by atoms with E-state index in [0.29, 0.717) is 5.56 Å². The van der Waals surface area contributed by atoms with Crippen LogP contribution in [0.2, 0.25) is 0 Å². The van der Waals surface area contributed by atoms with Gasteiger partial charge in [0, 0.05) is 33.6 Å². The van der Waals surface area contributed by atoms with Gasteiger partial charge in [0.1, 0.15) is 5.75 Å². The summed E-state index contributed by atoms with van der Waals surface area (Å²) in [6, 6.07) is 15.3.